The minimum Gasteiger partial charge on any atom is -0.355 e. The van der Waals surface area contributed by atoms with Crippen molar-refractivity contribution in [1.29, 1.82) is 0 Å². The lowest BCUT2D eigenvalue weighted by atomic mass is 10.1. The van der Waals surface area contributed by atoms with Crippen LogP contribution in [0.2, 0.25) is 0 Å². The molecule has 2 N–H and O–H groups in total. The van der Waals surface area contributed by atoms with Gasteiger partial charge in [0.25, 0.3) is 0 Å². The quantitative estimate of drug-likeness (QED) is 0.762. The molecule has 88 valence electrons. The van der Waals surface area contributed by atoms with Gasteiger partial charge in [-0.3, -0.25) is 4.79 Å². The lowest BCUT2D eigenvalue weighted by molar-refractivity contribution is -0.120. The van der Waals surface area contributed by atoms with Crippen molar-refractivity contribution in [1.82, 2.24) is 10.6 Å². The first kappa shape index (κ1) is 12.7. The minimum absolute atomic E-state index is 0.0523. The summed E-state index contributed by atoms with van der Waals surface area (Å²) in [4.78, 5) is 11.2. The van der Waals surface area contributed by atoms with Gasteiger partial charge in [0.15, 0.2) is 0 Å². The number of carbonyl (C=O) groups excluding carboxylic acids is 1. The second-order valence-electron chi connectivity index (χ2n) is 3.68. The number of benzene rings is 1. The summed E-state index contributed by atoms with van der Waals surface area (Å²) >= 11 is 0. The average molecular weight is 220 g/mol. The van der Waals surface area contributed by atoms with Gasteiger partial charge in [0, 0.05) is 13.1 Å². The van der Waals surface area contributed by atoms with E-state index in [1.165, 1.54) is 11.1 Å². The normalized spacial score (nSPS) is 10.1. The Morgan fingerprint density at radius 2 is 1.88 bits per heavy atom. The van der Waals surface area contributed by atoms with Gasteiger partial charge in [0.05, 0.1) is 6.54 Å². The number of amides is 1. The molecule has 1 amide bonds. The van der Waals surface area contributed by atoms with E-state index in [2.05, 4.69) is 29.7 Å². The lowest BCUT2D eigenvalue weighted by Crippen LogP contribution is -2.33. The van der Waals surface area contributed by atoms with Crippen LogP contribution >= 0.6 is 0 Å². The molecule has 0 aliphatic rings. The predicted octanol–water partition coefficient (Wildman–Crippen LogP) is 1.47. The van der Waals surface area contributed by atoms with Crippen molar-refractivity contribution in [2.45, 2.75) is 26.8 Å². The topological polar surface area (TPSA) is 41.1 Å². The third-order valence-corrected chi connectivity index (χ3v) is 2.47. The van der Waals surface area contributed by atoms with Crippen molar-refractivity contribution in [2.75, 3.05) is 13.1 Å². The third kappa shape index (κ3) is 4.03. The van der Waals surface area contributed by atoms with Crippen LogP contribution in [0.5, 0.6) is 0 Å². The van der Waals surface area contributed by atoms with Crippen molar-refractivity contribution in [3.05, 3.63) is 35.4 Å². The van der Waals surface area contributed by atoms with Crippen LogP contribution in [-0.2, 0) is 17.8 Å². The van der Waals surface area contributed by atoms with E-state index in [-0.39, 0.29) is 5.91 Å². The van der Waals surface area contributed by atoms with Gasteiger partial charge < -0.3 is 10.6 Å². The van der Waals surface area contributed by atoms with E-state index in [4.69, 9.17) is 0 Å². The summed E-state index contributed by atoms with van der Waals surface area (Å²) in [6.45, 7) is 5.88. The summed E-state index contributed by atoms with van der Waals surface area (Å²) in [6.07, 6.45) is 1.03. The highest BCUT2D eigenvalue weighted by molar-refractivity contribution is 5.77. The van der Waals surface area contributed by atoms with Gasteiger partial charge in [-0.2, -0.15) is 0 Å². The Morgan fingerprint density at radius 3 is 2.50 bits per heavy atom. The molecule has 3 heteroatoms. The van der Waals surface area contributed by atoms with E-state index in [0.717, 1.165) is 13.0 Å². The molecule has 0 aliphatic carbocycles. The molecule has 0 aliphatic heterocycles. The van der Waals surface area contributed by atoms with Crippen molar-refractivity contribution >= 4 is 5.91 Å². The lowest BCUT2D eigenvalue weighted by Gasteiger charge is -2.08. The molecule has 0 unspecified atom stereocenters. The van der Waals surface area contributed by atoms with Crippen LogP contribution in [0.1, 0.15) is 25.0 Å². The zero-order valence-electron chi connectivity index (χ0n) is 10.0. The van der Waals surface area contributed by atoms with Gasteiger partial charge >= 0.3 is 0 Å². The molecule has 0 bridgehead atoms. The van der Waals surface area contributed by atoms with Crippen molar-refractivity contribution in [2.24, 2.45) is 0 Å². The molecule has 0 spiro atoms. The van der Waals surface area contributed by atoms with E-state index < -0.39 is 0 Å². The molecule has 0 saturated carbocycles. The molecule has 0 aromatic heterocycles. The number of hydrogen-bond donors (Lipinski definition) is 2. The predicted molar refractivity (Wildman–Crippen MR) is 66.2 cm³/mol. The molecule has 1 aromatic rings. The SMILES string of the molecule is CCNC(=O)CNCc1ccccc1CC. The Balaban J connectivity index is 2.39. The van der Waals surface area contributed by atoms with E-state index in [0.29, 0.717) is 13.1 Å². The van der Waals surface area contributed by atoms with Gasteiger partial charge in [-0.25, -0.2) is 0 Å². The maximum Gasteiger partial charge on any atom is 0.233 e. The second kappa shape index (κ2) is 7.01. The van der Waals surface area contributed by atoms with Gasteiger partial charge in [0.2, 0.25) is 5.91 Å². The summed E-state index contributed by atoms with van der Waals surface area (Å²) in [7, 11) is 0. The Labute approximate surface area is 97.2 Å². The molecule has 1 rings (SSSR count). The number of hydrogen-bond acceptors (Lipinski definition) is 2. The zero-order valence-corrected chi connectivity index (χ0v) is 10.0. The molecule has 0 saturated heterocycles. The number of nitrogens with one attached hydrogen (secondary N) is 2. The number of rotatable bonds is 6. The highest BCUT2D eigenvalue weighted by atomic mass is 16.1. The van der Waals surface area contributed by atoms with Crippen LogP contribution in [-0.4, -0.2) is 19.0 Å². The fraction of sp³-hybridized carbons (Fsp3) is 0.462. The van der Waals surface area contributed by atoms with Crippen LogP contribution in [0, 0.1) is 0 Å². The largest absolute Gasteiger partial charge is 0.355 e. The summed E-state index contributed by atoms with van der Waals surface area (Å²) in [6, 6.07) is 8.31. The molecule has 16 heavy (non-hydrogen) atoms. The molecule has 1 aromatic carbocycles. The first-order valence-corrected chi connectivity index (χ1v) is 5.82. The van der Waals surface area contributed by atoms with Crippen molar-refractivity contribution in [3.63, 3.8) is 0 Å². The van der Waals surface area contributed by atoms with Crippen LogP contribution < -0.4 is 10.6 Å². The van der Waals surface area contributed by atoms with E-state index in [9.17, 15) is 4.79 Å². The molecule has 0 fully saturated rings. The van der Waals surface area contributed by atoms with Crippen molar-refractivity contribution < 1.29 is 4.79 Å². The average Bonchev–Trinajstić information content (AvgIpc) is 2.30. The van der Waals surface area contributed by atoms with Crippen LogP contribution in [0.4, 0.5) is 0 Å². The number of likely N-dealkylation sites (N-methyl/N-ethyl adjacent to an activating group) is 1. The highest BCUT2D eigenvalue weighted by Crippen LogP contribution is 2.08. The highest BCUT2D eigenvalue weighted by Gasteiger charge is 2.01. The maximum absolute atomic E-state index is 11.2. The Hall–Kier alpha value is -1.35. The smallest absolute Gasteiger partial charge is 0.233 e. The van der Waals surface area contributed by atoms with Gasteiger partial charge in [0.1, 0.15) is 0 Å². The first-order valence-electron chi connectivity index (χ1n) is 5.82. The summed E-state index contributed by atoms with van der Waals surface area (Å²) in [5, 5.41) is 5.91. The molecular formula is C13H20N2O. The summed E-state index contributed by atoms with van der Waals surface area (Å²) in [5.74, 6) is 0.0523. The molecule has 0 atom stereocenters. The molecule has 3 nitrogen and oxygen atoms in total. The van der Waals surface area contributed by atoms with E-state index in [1.807, 2.05) is 19.1 Å². The summed E-state index contributed by atoms with van der Waals surface area (Å²) in [5.41, 5.74) is 2.61. The van der Waals surface area contributed by atoms with Gasteiger partial charge in [-0.05, 0) is 24.5 Å². The third-order valence-electron chi connectivity index (χ3n) is 2.47. The van der Waals surface area contributed by atoms with Crippen LogP contribution in [0.25, 0.3) is 0 Å². The Kier molecular flexibility index (Phi) is 5.57. The fourth-order valence-electron chi connectivity index (χ4n) is 1.65. The van der Waals surface area contributed by atoms with E-state index in [1.54, 1.807) is 0 Å². The number of aryl methyl sites for hydroxylation is 1. The van der Waals surface area contributed by atoms with Crippen LogP contribution in [0.3, 0.4) is 0 Å². The second-order valence-corrected chi connectivity index (χ2v) is 3.68. The van der Waals surface area contributed by atoms with E-state index >= 15 is 0 Å². The standard InChI is InChI=1S/C13H20N2O/c1-3-11-7-5-6-8-12(11)9-14-10-13(16)15-4-2/h5-8,14H,3-4,9-10H2,1-2H3,(H,15,16). The zero-order chi connectivity index (χ0) is 11.8. The van der Waals surface area contributed by atoms with Gasteiger partial charge in [-0.1, -0.05) is 31.2 Å². The Morgan fingerprint density at radius 1 is 1.19 bits per heavy atom. The minimum atomic E-state index is 0.0523. The maximum atomic E-state index is 11.2. The summed E-state index contributed by atoms with van der Waals surface area (Å²) < 4.78 is 0. The fourth-order valence-corrected chi connectivity index (χ4v) is 1.65. The number of carbonyl (C=O) groups is 1. The van der Waals surface area contributed by atoms with Crippen LogP contribution in [0.15, 0.2) is 24.3 Å². The first-order chi connectivity index (χ1) is 7.77. The molecule has 0 radical (unpaired) electrons. The monoisotopic (exact) mass is 220 g/mol. The van der Waals surface area contributed by atoms with Crippen molar-refractivity contribution in [3.8, 4) is 0 Å². The van der Waals surface area contributed by atoms with Gasteiger partial charge in [-0.15, -0.1) is 0 Å². The Bertz CT molecular complexity index is 336. The molecule has 0 heterocycles. The molecular weight excluding hydrogens is 200 g/mol.